The van der Waals surface area contributed by atoms with Crippen LogP contribution in [0.15, 0.2) is 60.0 Å². The highest BCUT2D eigenvalue weighted by molar-refractivity contribution is 7.17. The fourth-order valence-corrected chi connectivity index (χ4v) is 5.98. The smallest absolute Gasteiger partial charge is 0.272 e. The highest BCUT2D eigenvalue weighted by Crippen LogP contribution is 2.28. The molecule has 40 heavy (non-hydrogen) atoms. The van der Waals surface area contributed by atoms with E-state index in [4.69, 9.17) is 9.47 Å². The van der Waals surface area contributed by atoms with Crippen LogP contribution in [0.4, 0.5) is 5.69 Å². The lowest BCUT2D eigenvalue weighted by Gasteiger charge is -2.24. The second-order valence-corrected chi connectivity index (χ2v) is 11.0. The molecule has 0 radical (unpaired) electrons. The predicted octanol–water partition coefficient (Wildman–Crippen LogP) is 5.02. The lowest BCUT2D eigenvalue weighted by atomic mass is 10.0. The summed E-state index contributed by atoms with van der Waals surface area (Å²) in [4.78, 5) is 15.6. The molecule has 0 unspecified atom stereocenters. The Hall–Kier alpha value is -3.37. The number of anilines is 1. The van der Waals surface area contributed by atoms with E-state index in [2.05, 4.69) is 28.5 Å². The van der Waals surface area contributed by atoms with Gasteiger partial charge in [-0.25, -0.2) is 0 Å². The van der Waals surface area contributed by atoms with E-state index in [9.17, 15) is 9.90 Å². The fourth-order valence-electron chi connectivity index (χ4n) is 5.13. The SMILES string of the molecule is CCN(CCO)Cc1cccc(NC(=O)c2cc3sccc3n2C)c1COc1ccc(OC2CCNCC2)cc1. The maximum absolute atomic E-state index is 13.4. The second-order valence-electron chi connectivity index (χ2n) is 10.1. The van der Waals surface area contributed by atoms with Crippen molar-refractivity contribution >= 4 is 33.1 Å². The molecule has 0 aliphatic carbocycles. The van der Waals surface area contributed by atoms with Gasteiger partial charge in [-0.05, 0) is 85.9 Å². The summed E-state index contributed by atoms with van der Waals surface area (Å²) in [6.07, 6.45) is 2.26. The van der Waals surface area contributed by atoms with Gasteiger partial charge >= 0.3 is 0 Å². The topological polar surface area (TPSA) is 88.0 Å². The number of carbonyl (C=O) groups is 1. The number of rotatable bonds is 12. The summed E-state index contributed by atoms with van der Waals surface area (Å²) < 4.78 is 15.4. The lowest BCUT2D eigenvalue weighted by Crippen LogP contribution is -2.34. The number of hydrogen-bond acceptors (Lipinski definition) is 7. The first-order valence-electron chi connectivity index (χ1n) is 13.9. The Kier molecular flexibility index (Phi) is 9.38. The second kappa shape index (κ2) is 13.3. The zero-order chi connectivity index (χ0) is 27.9. The highest BCUT2D eigenvalue weighted by Gasteiger charge is 2.19. The number of likely N-dealkylation sites (N-methyl/N-ethyl adjacent to an activating group) is 1. The molecule has 1 fully saturated rings. The number of carbonyl (C=O) groups excluding carboxylic acids is 1. The number of aliphatic hydroxyl groups is 1. The fraction of sp³-hybridized carbons (Fsp3) is 0.387. The summed E-state index contributed by atoms with van der Waals surface area (Å²) in [5.41, 5.74) is 4.34. The third-order valence-electron chi connectivity index (χ3n) is 7.47. The Labute approximate surface area is 239 Å². The molecule has 212 valence electrons. The van der Waals surface area contributed by atoms with E-state index >= 15 is 0 Å². The molecule has 1 amide bonds. The zero-order valence-electron chi connectivity index (χ0n) is 23.2. The summed E-state index contributed by atoms with van der Waals surface area (Å²) >= 11 is 1.62. The van der Waals surface area contributed by atoms with Crippen molar-refractivity contribution < 1.29 is 19.4 Å². The Balaban J connectivity index is 1.34. The average Bonchev–Trinajstić information content (AvgIpc) is 3.56. The third kappa shape index (κ3) is 6.67. The van der Waals surface area contributed by atoms with Crippen molar-refractivity contribution in [2.75, 3.05) is 38.1 Å². The molecular weight excluding hydrogens is 524 g/mol. The van der Waals surface area contributed by atoms with Crippen LogP contribution in [0.1, 0.15) is 41.4 Å². The number of piperidine rings is 1. The summed E-state index contributed by atoms with van der Waals surface area (Å²) in [7, 11) is 1.91. The van der Waals surface area contributed by atoms with Gasteiger partial charge in [-0.15, -0.1) is 11.3 Å². The summed E-state index contributed by atoms with van der Waals surface area (Å²) in [5.74, 6) is 1.42. The van der Waals surface area contributed by atoms with Gasteiger partial charge in [0.05, 0.1) is 16.8 Å². The predicted molar refractivity (Wildman–Crippen MR) is 161 cm³/mol. The van der Waals surface area contributed by atoms with Gasteiger partial charge in [-0.2, -0.15) is 0 Å². The first kappa shape index (κ1) is 28.2. The summed E-state index contributed by atoms with van der Waals surface area (Å²) in [6.45, 7) is 6.45. The van der Waals surface area contributed by atoms with Gasteiger partial charge < -0.3 is 29.8 Å². The van der Waals surface area contributed by atoms with Crippen LogP contribution in [-0.4, -0.2) is 59.4 Å². The van der Waals surface area contributed by atoms with Gasteiger partial charge in [0.15, 0.2) is 0 Å². The van der Waals surface area contributed by atoms with E-state index in [0.717, 1.165) is 71.0 Å². The monoisotopic (exact) mass is 562 g/mol. The molecule has 9 heteroatoms. The van der Waals surface area contributed by atoms with Crippen molar-refractivity contribution in [2.24, 2.45) is 7.05 Å². The van der Waals surface area contributed by atoms with E-state index in [0.29, 0.717) is 25.4 Å². The van der Waals surface area contributed by atoms with Crippen molar-refractivity contribution in [3.63, 3.8) is 0 Å². The summed E-state index contributed by atoms with van der Waals surface area (Å²) in [5, 5.41) is 18.1. The van der Waals surface area contributed by atoms with Gasteiger partial charge in [0.1, 0.15) is 29.9 Å². The molecule has 0 spiro atoms. The van der Waals surface area contributed by atoms with Crippen molar-refractivity contribution in [1.82, 2.24) is 14.8 Å². The Morgan fingerprint density at radius 2 is 1.93 bits per heavy atom. The van der Waals surface area contributed by atoms with E-state index in [-0.39, 0.29) is 18.6 Å². The molecule has 1 aliphatic heterocycles. The number of aryl methyl sites for hydroxylation is 1. The van der Waals surface area contributed by atoms with Crippen LogP contribution < -0.4 is 20.1 Å². The Morgan fingerprint density at radius 1 is 1.15 bits per heavy atom. The van der Waals surface area contributed by atoms with Crippen LogP contribution in [0.3, 0.4) is 0 Å². The van der Waals surface area contributed by atoms with Crippen LogP contribution in [-0.2, 0) is 20.2 Å². The van der Waals surface area contributed by atoms with Crippen LogP contribution in [0.5, 0.6) is 11.5 Å². The number of aromatic nitrogens is 1. The number of amides is 1. The molecule has 2 aromatic heterocycles. The number of thiophene rings is 1. The van der Waals surface area contributed by atoms with E-state index in [1.165, 1.54) is 0 Å². The lowest BCUT2D eigenvalue weighted by molar-refractivity contribution is 0.101. The molecular formula is C31H38N4O4S. The van der Waals surface area contributed by atoms with Gasteiger partial charge in [0.25, 0.3) is 5.91 Å². The van der Waals surface area contributed by atoms with Gasteiger partial charge in [-0.3, -0.25) is 9.69 Å². The van der Waals surface area contributed by atoms with Crippen LogP contribution >= 0.6 is 11.3 Å². The molecule has 0 saturated carbocycles. The average molecular weight is 563 g/mol. The standard InChI is InChI=1S/C31H38N4O4S/c1-3-35(16-17-36)20-22-5-4-6-27(33-31(37)29-19-30-28(34(29)2)13-18-40-30)26(22)21-38-23-7-9-24(10-8-23)39-25-11-14-32-15-12-25/h4-10,13,18-19,25,32,36H,3,11-12,14-17,20-21H2,1-2H3,(H,33,37). The molecule has 5 rings (SSSR count). The van der Waals surface area contributed by atoms with Crippen molar-refractivity contribution in [2.45, 2.75) is 39.0 Å². The van der Waals surface area contributed by atoms with Crippen molar-refractivity contribution in [1.29, 1.82) is 0 Å². The summed E-state index contributed by atoms with van der Waals surface area (Å²) in [6, 6.07) is 17.7. The Bertz CT molecular complexity index is 1410. The van der Waals surface area contributed by atoms with Crippen molar-refractivity contribution in [3.8, 4) is 11.5 Å². The minimum absolute atomic E-state index is 0.0898. The number of fused-ring (bicyclic) bond motifs is 1. The van der Waals surface area contributed by atoms with E-state index in [1.807, 2.05) is 65.5 Å². The quantitative estimate of drug-likeness (QED) is 0.225. The van der Waals surface area contributed by atoms with Crippen LogP contribution in [0, 0.1) is 0 Å². The largest absolute Gasteiger partial charge is 0.490 e. The molecule has 0 bridgehead atoms. The normalized spacial score (nSPS) is 14.1. The molecule has 0 atom stereocenters. The molecule has 3 N–H and O–H groups in total. The number of nitrogens with one attached hydrogen (secondary N) is 2. The number of ether oxygens (including phenoxy) is 2. The molecule has 4 aromatic rings. The highest BCUT2D eigenvalue weighted by atomic mass is 32.1. The van der Waals surface area contributed by atoms with E-state index in [1.54, 1.807) is 11.3 Å². The number of aliphatic hydroxyl groups excluding tert-OH is 1. The Morgan fingerprint density at radius 3 is 2.65 bits per heavy atom. The molecule has 8 nitrogen and oxygen atoms in total. The van der Waals surface area contributed by atoms with Gasteiger partial charge in [0, 0.05) is 31.4 Å². The van der Waals surface area contributed by atoms with Gasteiger partial charge in [-0.1, -0.05) is 19.1 Å². The van der Waals surface area contributed by atoms with Gasteiger partial charge in [0.2, 0.25) is 0 Å². The minimum atomic E-state index is -0.161. The number of benzene rings is 2. The molecule has 1 saturated heterocycles. The maximum atomic E-state index is 13.4. The third-order valence-corrected chi connectivity index (χ3v) is 8.32. The van der Waals surface area contributed by atoms with Crippen molar-refractivity contribution in [3.05, 3.63) is 76.8 Å². The number of nitrogens with zero attached hydrogens (tertiary/aromatic N) is 2. The van der Waals surface area contributed by atoms with E-state index < -0.39 is 0 Å². The molecule has 3 heterocycles. The maximum Gasteiger partial charge on any atom is 0.272 e. The first-order chi connectivity index (χ1) is 19.6. The zero-order valence-corrected chi connectivity index (χ0v) is 24.0. The minimum Gasteiger partial charge on any atom is -0.490 e. The first-order valence-corrected chi connectivity index (χ1v) is 14.8. The number of hydrogen-bond donors (Lipinski definition) is 3. The molecule has 2 aromatic carbocycles. The van der Waals surface area contributed by atoms with Crippen LogP contribution in [0.2, 0.25) is 0 Å². The molecule has 1 aliphatic rings. The van der Waals surface area contributed by atoms with Crippen LogP contribution in [0.25, 0.3) is 10.2 Å².